The normalized spacial score (nSPS) is 15.7. The Bertz CT molecular complexity index is 1260. The number of nitrogens with two attached hydrogens (primary N) is 1. The molecule has 1 atom stereocenters. The molecule has 1 unspecified atom stereocenters. The number of nitrogens with zero attached hydrogens (tertiary/aromatic N) is 3. The monoisotopic (exact) mass is 518 g/mol. The van der Waals surface area contributed by atoms with Gasteiger partial charge in [0.25, 0.3) is 0 Å². The van der Waals surface area contributed by atoms with E-state index in [0.717, 1.165) is 31.2 Å². The number of benzene rings is 2. The lowest BCUT2D eigenvalue weighted by molar-refractivity contribution is -0.120. The Morgan fingerprint density at radius 3 is 2.03 bits per heavy atom. The summed E-state index contributed by atoms with van der Waals surface area (Å²) >= 11 is 0. The molecule has 5 nitrogen and oxygen atoms in total. The van der Waals surface area contributed by atoms with Crippen LogP contribution in [0, 0.1) is 5.82 Å². The highest BCUT2D eigenvalue weighted by molar-refractivity contribution is 8.45. The zero-order chi connectivity index (χ0) is 26.7. The molecule has 0 saturated carbocycles. The molecule has 0 aliphatic carbocycles. The Hall–Kier alpha value is -3.41. The van der Waals surface area contributed by atoms with E-state index in [1.54, 1.807) is 0 Å². The maximum absolute atomic E-state index is 14.6. The largest absolute Gasteiger partial charge is 0.388 e. The van der Waals surface area contributed by atoms with Crippen LogP contribution in [0.25, 0.3) is 11.1 Å². The molecule has 1 heterocycles. The molecule has 0 spiro atoms. The van der Waals surface area contributed by atoms with Crippen molar-refractivity contribution in [2.45, 2.75) is 38.1 Å². The molecule has 0 saturated heterocycles. The second-order valence-electron chi connectivity index (χ2n) is 7.34. The maximum atomic E-state index is 14.6. The summed E-state index contributed by atoms with van der Waals surface area (Å²) in [5.41, 5.74) is 2.98. The number of rotatable bonds is 6. The number of Topliss-reactive ketones (excluding diaryl/α,β-unsaturated/α-hetero) is 1. The lowest BCUT2D eigenvalue weighted by Crippen LogP contribution is -2.36. The third-order valence-electron chi connectivity index (χ3n) is 4.81. The molecule has 190 valence electrons. The Labute approximate surface area is 198 Å². The first kappa shape index (κ1) is 27.8. The smallest absolute Gasteiger partial charge is 0.310 e. The van der Waals surface area contributed by atoms with Crippen molar-refractivity contribution in [1.82, 2.24) is 9.97 Å². The Morgan fingerprint density at radius 1 is 0.943 bits per heavy atom. The van der Waals surface area contributed by atoms with Gasteiger partial charge in [0.1, 0.15) is 17.0 Å². The topological polar surface area (TPSA) is 81.2 Å². The molecule has 0 aliphatic heterocycles. The van der Waals surface area contributed by atoms with Gasteiger partial charge in [-0.1, -0.05) is 51.5 Å². The zero-order valence-electron chi connectivity index (χ0n) is 19.3. The molecule has 1 aromatic heterocycles. The van der Waals surface area contributed by atoms with Crippen LogP contribution < -0.4 is 5.73 Å². The van der Waals surface area contributed by atoms with Crippen LogP contribution >= 0.6 is 10.2 Å². The van der Waals surface area contributed by atoms with E-state index in [0.29, 0.717) is 0 Å². The van der Waals surface area contributed by atoms with E-state index in [2.05, 4.69) is 15.0 Å². The predicted molar refractivity (Wildman–Crippen MR) is 125 cm³/mol. The van der Waals surface area contributed by atoms with Crippen molar-refractivity contribution in [3.63, 3.8) is 0 Å². The van der Waals surface area contributed by atoms with Crippen molar-refractivity contribution in [3.05, 3.63) is 78.1 Å². The molecule has 0 radical (unpaired) electrons. The van der Waals surface area contributed by atoms with Gasteiger partial charge in [-0.05, 0) is 49.2 Å². The van der Waals surface area contributed by atoms with Gasteiger partial charge in [0.15, 0.2) is 11.3 Å². The third-order valence-corrected chi connectivity index (χ3v) is 5.95. The molecule has 35 heavy (non-hydrogen) atoms. The summed E-state index contributed by atoms with van der Waals surface area (Å²) in [5.74, 6) is -1.77. The van der Waals surface area contributed by atoms with E-state index >= 15 is 0 Å². The van der Waals surface area contributed by atoms with Crippen LogP contribution in [0.15, 0.2) is 71.1 Å². The van der Waals surface area contributed by atoms with Crippen LogP contribution in [-0.2, 0) is 10.3 Å². The quantitative estimate of drug-likeness (QED) is 0.213. The fourth-order valence-electron chi connectivity index (χ4n) is 3.42. The predicted octanol–water partition coefficient (Wildman–Crippen LogP) is 7.18. The van der Waals surface area contributed by atoms with Crippen LogP contribution in [-0.4, -0.2) is 21.6 Å². The minimum atomic E-state index is -10.1. The maximum Gasteiger partial charge on any atom is 0.310 e. The second-order valence-corrected chi connectivity index (χ2v) is 9.75. The number of carbonyl (C=O) groups is 1. The highest BCUT2D eigenvalue weighted by Crippen LogP contribution is 3.02. The van der Waals surface area contributed by atoms with Gasteiger partial charge >= 0.3 is 10.2 Å². The molecular weight excluding hydrogens is 494 g/mol. The van der Waals surface area contributed by atoms with E-state index in [-0.39, 0.29) is 34.7 Å². The number of hydrogen-bond acceptors (Lipinski definition) is 4. The van der Waals surface area contributed by atoms with Gasteiger partial charge in [0, 0.05) is 23.5 Å². The SMILES string of the molecule is CC.CC(=O)C(N=C(C)N)(c1cccc(S(F)(F)(F)(F)F)c1)c1ccc(F)c(-c2cncnc2)c1. The van der Waals surface area contributed by atoms with Gasteiger partial charge in [-0.25, -0.2) is 19.4 Å². The van der Waals surface area contributed by atoms with Crippen molar-refractivity contribution < 1.29 is 28.6 Å². The van der Waals surface area contributed by atoms with Gasteiger partial charge in [-0.15, -0.1) is 0 Å². The highest BCUT2D eigenvalue weighted by atomic mass is 32.5. The lowest BCUT2D eigenvalue weighted by Gasteiger charge is -2.41. The molecule has 0 aliphatic rings. The second kappa shape index (κ2) is 8.99. The van der Waals surface area contributed by atoms with Crippen molar-refractivity contribution in [3.8, 4) is 11.1 Å². The van der Waals surface area contributed by atoms with Crippen molar-refractivity contribution >= 4 is 21.8 Å². The third kappa shape index (κ3) is 5.99. The number of aliphatic imine (C=N–C) groups is 1. The number of aromatic nitrogens is 2. The van der Waals surface area contributed by atoms with Crippen molar-refractivity contribution in [2.24, 2.45) is 10.7 Å². The Morgan fingerprint density at radius 2 is 1.51 bits per heavy atom. The van der Waals surface area contributed by atoms with Crippen LogP contribution in [0.5, 0.6) is 0 Å². The zero-order valence-corrected chi connectivity index (χ0v) is 20.1. The van der Waals surface area contributed by atoms with Gasteiger partial charge in [0.2, 0.25) is 0 Å². The highest BCUT2D eigenvalue weighted by Gasteiger charge is 2.65. The standard InChI is InChI=1S/C21H18F6N4OS.C2H6/c1-13(32)21(31-14(2)28,16-4-3-5-18(8-16)33(23,24,25,26)27)17-6-7-20(22)19(9-17)15-10-29-12-30-11-15;1-2/h3-12H,1-2H3,(H2,28,31);1-2H3. The molecule has 2 N–H and O–H groups in total. The summed E-state index contributed by atoms with van der Waals surface area (Å²) < 4.78 is 82.1. The molecule has 0 amide bonds. The lowest BCUT2D eigenvalue weighted by atomic mass is 9.79. The van der Waals surface area contributed by atoms with E-state index in [4.69, 9.17) is 5.73 Å². The first-order valence-electron chi connectivity index (χ1n) is 10.3. The summed E-state index contributed by atoms with van der Waals surface area (Å²) in [5, 5.41) is 0. The van der Waals surface area contributed by atoms with E-state index in [1.165, 1.54) is 31.7 Å². The van der Waals surface area contributed by atoms with Gasteiger partial charge in [-0.2, -0.15) is 0 Å². The molecule has 0 bridgehead atoms. The van der Waals surface area contributed by atoms with Crippen molar-refractivity contribution in [2.75, 3.05) is 0 Å². The summed E-state index contributed by atoms with van der Waals surface area (Å²) in [6, 6.07) is 5.46. The molecule has 12 heteroatoms. The number of hydrogen-bond donors (Lipinski definition) is 1. The van der Waals surface area contributed by atoms with Gasteiger partial charge in [-0.3, -0.25) is 4.79 Å². The fourth-order valence-corrected chi connectivity index (χ4v) is 4.10. The fraction of sp³-hybridized carbons (Fsp3) is 0.217. The summed E-state index contributed by atoms with van der Waals surface area (Å²) in [6.07, 6.45) is 3.78. The Balaban J connectivity index is 0.00000210. The van der Waals surface area contributed by atoms with E-state index in [9.17, 15) is 28.6 Å². The number of halogens is 6. The van der Waals surface area contributed by atoms with Crippen LogP contribution in [0.4, 0.5) is 23.8 Å². The summed E-state index contributed by atoms with van der Waals surface area (Å²) in [6.45, 7) is 6.30. The molecule has 3 aromatic rings. The van der Waals surface area contributed by atoms with E-state index in [1.807, 2.05) is 13.8 Å². The van der Waals surface area contributed by atoms with Crippen LogP contribution in [0.3, 0.4) is 0 Å². The number of carbonyl (C=O) groups excluding carboxylic acids is 1. The molecule has 3 rings (SSSR count). The summed E-state index contributed by atoms with van der Waals surface area (Å²) in [4.78, 5) is 22.4. The minimum Gasteiger partial charge on any atom is -0.388 e. The average Bonchev–Trinajstić information content (AvgIpc) is 2.78. The minimum absolute atomic E-state index is 0.0764. The van der Waals surface area contributed by atoms with Gasteiger partial charge in [0.05, 0.1) is 5.84 Å². The molecular formula is C23H24F6N4OS. The molecule has 2 aromatic carbocycles. The Kier molecular flexibility index (Phi) is 7.15. The first-order valence-corrected chi connectivity index (χ1v) is 12.2. The first-order chi connectivity index (χ1) is 16.0. The summed E-state index contributed by atoms with van der Waals surface area (Å²) in [7, 11) is -10.1. The average molecular weight is 519 g/mol. The van der Waals surface area contributed by atoms with E-state index < -0.39 is 37.8 Å². The molecule has 0 fully saturated rings. The van der Waals surface area contributed by atoms with Crippen molar-refractivity contribution in [1.29, 1.82) is 0 Å². The number of amidine groups is 1. The van der Waals surface area contributed by atoms with Gasteiger partial charge < -0.3 is 5.73 Å². The number of ketones is 1. The van der Waals surface area contributed by atoms with Crippen LogP contribution in [0.1, 0.15) is 38.8 Å². The van der Waals surface area contributed by atoms with Crippen LogP contribution in [0.2, 0.25) is 0 Å².